The van der Waals surface area contributed by atoms with Gasteiger partial charge in [0.25, 0.3) is 0 Å². The minimum Gasteiger partial charge on any atom is -0.0971 e. The van der Waals surface area contributed by atoms with E-state index in [1.807, 2.05) is 0 Å². The molecule has 0 bridgehead atoms. The number of rotatable bonds is 8. The van der Waals surface area contributed by atoms with Crippen LogP contribution in [0.15, 0.2) is 84.9 Å². The smallest absolute Gasteiger partial charge is 0.0116 e. The van der Waals surface area contributed by atoms with E-state index in [-0.39, 0.29) is 7.92 Å². The third-order valence-electron chi connectivity index (χ3n) is 10.3. The van der Waals surface area contributed by atoms with Crippen molar-refractivity contribution in [2.75, 3.05) is 0 Å². The average Bonchev–Trinajstić information content (AvgIpc) is 3.50. The molecule has 3 fully saturated rings. The fourth-order valence-electron chi connectivity index (χ4n) is 8.48. The summed E-state index contributed by atoms with van der Waals surface area (Å²) in [7, 11) is -0.449. The molecule has 6 rings (SSSR count). The Labute approximate surface area is 240 Å². The standard InChI is InChI=1S/C37H48P2/c1-29(38(30-17-6-2-7-18-30)31-19-8-3-9-20-31)34-26-16-27-35(34)36-25-14-15-28-37(36)39(32-21-10-4-11-22-32)33-23-12-5-13-24-33/h4-5,10-15,21-25,28-31,34-35H,2-3,6-9,16-20,26-27H2,1H3/t29-,34+,35?/m1/s1. The van der Waals surface area contributed by atoms with E-state index in [9.17, 15) is 0 Å². The SMILES string of the molecule is C[C@H]([C@@H]1CCCC1c1ccccc1P(c1ccccc1)c1ccccc1)P(C1CCCCC1)C1CCCCC1. The third-order valence-corrected chi connectivity index (χ3v) is 16.8. The molecule has 1 unspecified atom stereocenters. The highest BCUT2D eigenvalue weighted by atomic mass is 31.1. The number of hydrogen-bond acceptors (Lipinski definition) is 0. The second-order valence-corrected chi connectivity index (χ2v) is 17.9. The van der Waals surface area contributed by atoms with Crippen molar-refractivity contribution in [2.24, 2.45) is 5.92 Å². The van der Waals surface area contributed by atoms with E-state index < -0.39 is 7.92 Å². The van der Waals surface area contributed by atoms with Gasteiger partial charge in [-0.25, -0.2) is 0 Å². The summed E-state index contributed by atoms with van der Waals surface area (Å²) in [6.07, 6.45) is 19.4. The summed E-state index contributed by atoms with van der Waals surface area (Å²) < 4.78 is 0. The van der Waals surface area contributed by atoms with Gasteiger partial charge < -0.3 is 0 Å². The molecule has 0 heterocycles. The lowest BCUT2D eigenvalue weighted by molar-refractivity contribution is 0.446. The van der Waals surface area contributed by atoms with E-state index in [0.29, 0.717) is 0 Å². The van der Waals surface area contributed by atoms with Crippen molar-refractivity contribution in [3.8, 4) is 0 Å². The first-order valence-electron chi connectivity index (χ1n) is 16.1. The van der Waals surface area contributed by atoms with Crippen molar-refractivity contribution in [3.05, 3.63) is 90.5 Å². The van der Waals surface area contributed by atoms with Crippen LogP contribution in [-0.4, -0.2) is 17.0 Å². The maximum atomic E-state index is 2.75. The minimum absolute atomic E-state index is 0.106. The Hall–Kier alpha value is -1.48. The highest BCUT2D eigenvalue weighted by Gasteiger charge is 2.42. The van der Waals surface area contributed by atoms with Crippen LogP contribution < -0.4 is 15.9 Å². The van der Waals surface area contributed by atoms with Crippen LogP contribution in [-0.2, 0) is 0 Å². The number of benzene rings is 3. The van der Waals surface area contributed by atoms with Gasteiger partial charge in [-0.3, -0.25) is 0 Å². The molecule has 3 aliphatic carbocycles. The topological polar surface area (TPSA) is 0 Å². The molecule has 2 heteroatoms. The van der Waals surface area contributed by atoms with Crippen LogP contribution >= 0.6 is 15.8 Å². The maximum absolute atomic E-state index is 2.75. The lowest BCUT2D eigenvalue weighted by atomic mass is 9.87. The Bertz CT molecular complexity index is 1090. The molecule has 0 saturated heterocycles. The Morgan fingerprint density at radius 2 is 1.05 bits per heavy atom. The summed E-state index contributed by atoms with van der Waals surface area (Å²) >= 11 is 0. The van der Waals surface area contributed by atoms with Crippen LogP contribution in [0.3, 0.4) is 0 Å². The molecule has 3 atom stereocenters. The maximum Gasteiger partial charge on any atom is -0.0116 e. The fraction of sp³-hybridized carbons (Fsp3) is 0.514. The molecule has 0 aliphatic heterocycles. The lowest BCUT2D eigenvalue weighted by Crippen LogP contribution is -2.32. The van der Waals surface area contributed by atoms with Gasteiger partial charge in [-0.1, -0.05) is 145 Å². The van der Waals surface area contributed by atoms with Crippen molar-refractivity contribution >= 4 is 31.8 Å². The molecular weight excluding hydrogens is 506 g/mol. The van der Waals surface area contributed by atoms with Crippen LogP contribution in [0.2, 0.25) is 0 Å². The van der Waals surface area contributed by atoms with Crippen molar-refractivity contribution in [2.45, 2.75) is 113 Å². The molecule has 0 radical (unpaired) electrons. The Kier molecular flexibility index (Phi) is 9.55. The summed E-state index contributed by atoms with van der Waals surface area (Å²) in [5.74, 6) is 1.59. The van der Waals surface area contributed by atoms with Crippen molar-refractivity contribution in [1.29, 1.82) is 0 Å². The summed E-state index contributed by atoms with van der Waals surface area (Å²) in [6.45, 7) is 2.75. The summed E-state index contributed by atoms with van der Waals surface area (Å²) in [5.41, 5.74) is 4.70. The zero-order chi connectivity index (χ0) is 26.4. The Balaban J connectivity index is 1.36. The van der Waals surface area contributed by atoms with Gasteiger partial charge in [0.2, 0.25) is 0 Å². The van der Waals surface area contributed by atoms with Gasteiger partial charge in [0, 0.05) is 0 Å². The van der Waals surface area contributed by atoms with Crippen LogP contribution in [0.5, 0.6) is 0 Å². The van der Waals surface area contributed by atoms with Crippen molar-refractivity contribution in [3.63, 3.8) is 0 Å². The van der Waals surface area contributed by atoms with Crippen LogP contribution in [0.1, 0.15) is 102 Å². The summed E-state index contributed by atoms with van der Waals surface area (Å²) in [4.78, 5) is 0. The van der Waals surface area contributed by atoms with E-state index in [2.05, 4.69) is 91.9 Å². The quantitative estimate of drug-likeness (QED) is 0.243. The first-order valence-corrected chi connectivity index (χ1v) is 19.0. The second-order valence-electron chi connectivity index (χ2n) is 12.5. The second kappa shape index (κ2) is 13.5. The van der Waals surface area contributed by atoms with E-state index in [1.165, 1.54) is 94.1 Å². The molecule has 0 spiro atoms. The molecule has 39 heavy (non-hydrogen) atoms. The fourth-order valence-corrected chi connectivity index (χ4v) is 15.7. The zero-order valence-electron chi connectivity index (χ0n) is 24.1. The highest BCUT2D eigenvalue weighted by Crippen LogP contribution is 2.63. The summed E-state index contributed by atoms with van der Waals surface area (Å²) in [5, 5.41) is 4.59. The molecule has 3 aliphatic rings. The van der Waals surface area contributed by atoms with Gasteiger partial charge in [0.05, 0.1) is 0 Å². The molecule has 3 aromatic carbocycles. The normalized spacial score (nSPS) is 23.9. The van der Waals surface area contributed by atoms with Crippen molar-refractivity contribution < 1.29 is 0 Å². The first kappa shape index (κ1) is 27.7. The van der Waals surface area contributed by atoms with Crippen LogP contribution in [0.25, 0.3) is 0 Å². The predicted octanol–water partition coefficient (Wildman–Crippen LogP) is 9.86. The van der Waals surface area contributed by atoms with E-state index >= 15 is 0 Å². The molecule has 0 N–H and O–H groups in total. The monoisotopic (exact) mass is 554 g/mol. The largest absolute Gasteiger partial charge is 0.0971 e. The van der Waals surface area contributed by atoms with Gasteiger partial charge >= 0.3 is 0 Å². The van der Waals surface area contributed by atoms with Crippen LogP contribution in [0.4, 0.5) is 0 Å². The number of hydrogen-bond donors (Lipinski definition) is 0. The summed E-state index contributed by atoms with van der Waals surface area (Å²) in [6, 6.07) is 32.4. The molecular formula is C37H48P2. The van der Waals surface area contributed by atoms with Gasteiger partial charge in [0.1, 0.15) is 0 Å². The lowest BCUT2D eigenvalue weighted by Gasteiger charge is -2.45. The zero-order valence-corrected chi connectivity index (χ0v) is 25.8. The van der Waals surface area contributed by atoms with Crippen molar-refractivity contribution in [1.82, 2.24) is 0 Å². The van der Waals surface area contributed by atoms with E-state index in [0.717, 1.165) is 28.8 Å². The Morgan fingerprint density at radius 1 is 0.538 bits per heavy atom. The average molecular weight is 555 g/mol. The van der Waals surface area contributed by atoms with Gasteiger partial charge in [0.15, 0.2) is 0 Å². The van der Waals surface area contributed by atoms with Gasteiger partial charge in [-0.05, 0) is 96.7 Å². The van der Waals surface area contributed by atoms with Crippen LogP contribution in [0, 0.1) is 5.92 Å². The van der Waals surface area contributed by atoms with Gasteiger partial charge in [-0.2, -0.15) is 0 Å². The predicted molar refractivity (Wildman–Crippen MR) is 175 cm³/mol. The molecule has 0 aromatic heterocycles. The molecule has 0 amide bonds. The van der Waals surface area contributed by atoms with Gasteiger partial charge in [-0.15, -0.1) is 0 Å². The minimum atomic E-state index is -0.556. The third kappa shape index (κ3) is 6.24. The Morgan fingerprint density at radius 3 is 1.62 bits per heavy atom. The molecule has 3 saturated carbocycles. The molecule has 3 aromatic rings. The highest BCUT2D eigenvalue weighted by molar-refractivity contribution is 7.79. The van der Waals surface area contributed by atoms with E-state index in [1.54, 1.807) is 10.9 Å². The van der Waals surface area contributed by atoms with E-state index in [4.69, 9.17) is 0 Å². The first-order chi connectivity index (χ1) is 19.3. The molecule has 0 nitrogen and oxygen atoms in total. The molecule has 206 valence electrons.